The third kappa shape index (κ3) is 5.24. The van der Waals surface area contributed by atoms with E-state index in [1.165, 1.54) is 7.11 Å². The van der Waals surface area contributed by atoms with Gasteiger partial charge in [-0.1, -0.05) is 12.1 Å². The molecule has 1 aromatic rings. The van der Waals surface area contributed by atoms with Crippen LogP contribution in [0, 0.1) is 0 Å². The molecule has 0 aliphatic carbocycles. The van der Waals surface area contributed by atoms with Crippen molar-refractivity contribution in [3.05, 3.63) is 29.8 Å². The Morgan fingerprint density at radius 3 is 2.71 bits per heavy atom. The van der Waals surface area contributed by atoms with Gasteiger partial charge in [0.05, 0.1) is 13.5 Å². The molecule has 0 aliphatic rings. The minimum absolute atomic E-state index is 0.104. The van der Waals surface area contributed by atoms with Crippen LogP contribution in [0.3, 0.4) is 0 Å². The maximum Gasteiger partial charge on any atom is 0.405 e. The Labute approximate surface area is 96.6 Å². The van der Waals surface area contributed by atoms with Crippen LogP contribution in [0.4, 0.5) is 13.2 Å². The largest absolute Gasteiger partial charge is 0.497 e. The molecule has 0 radical (unpaired) electrons. The second-order valence-corrected chi connectivity index (χ2v) is 3.42. The van der Waals surface area contributed by atoms with Crippen molar-refractivity contribution in [3.8, 4) is 5.75 Å². The molecule has 0 spiro atoms. The van der Waals surface area contributed by atoms with Crippen molar-refractivity contribution in [2.24, 2.45) is 0 Å². The third-order valence-electron chi connectivity index (χ3n) is 1.98. The summed E-state index contributed by atoms with van der Waals surface area (Å²) in [6.07, 6.45) is -4.49. The number of methoxy groups -OCH3 is 1. The number of amides is 1. The van der Waals surface area contributed by atoms with Crippen molar-refractivity contribution in [1.29, 1.82) is 0 Å². The zero-order chi connectivity index (χ0) is 12.9. The number of alkyl halides is 3. The Balaban J connectivity index is 2.50. The van der Waals surface area contributed by atoms with Crippen LogP contribution >= 0.6 is 0 Å². The first-order valence-corrected chi connectivity index (χ1v) is 4.87. The van der Waals surface area contributed by atoms with E-state index in [0.717, 1.165) is 0 Å². The summed E-state index contributed by atoms with van der Waals surface area (Å²) in [6.45, 7) is -1.31. The van der Waals surface area contributed by atoms with E-state index in [0.29, 0.717) is 11.3 Å². The molecular formula is C11H12F3NO2. The summed E-state index contributed by atoms with van der Waals surface area (Å²) in [7, 11) is 1.48. The van der Waals surface area contributed by atoms with Gasteiger partial charge in [-0.2, -0.15) is 13.2 Å². The minimum atomic E-state index is -4.38. The van der Waals surface area contributed by atoms with Gasteiger partial charge in [0.1, 0.15) is 12.3 Å². The fourth-order valence-electron chi connectivity index (χ4n) is 1.23. The van der Waals surface area contributed by atoms with Crippen LogP contribution < -0.4 is 10.1 Å². The lowest BCUT2D eigenvalue weighted by molar-refractivity contribution is -0.138. The molecule has 94 valence electrons. The molecule has 0 aromatic heterocycles. The molecular weight excluding hydrogens is 235 g/mol. The molecule has 0 saturated carbocycles. The Hall–Kier alpha value is -1.72. The maximum absolute atomic E-state index is 11.8. The van der Waals surface area contributed by atoms with E-state index in [1.54, 1.807) is 29.6 Å². The monoisotopic (exact) mass is 247 g/mol. The van der Waals surface area contributed by atoms with Gasteiger partial charge in [-0.15, -0.1) is 0 Å². The molecule has 1 amide bonds. The normalized spacial score (nSPS) is 11.1. The van der Waals surface area contributed by atoms with Crippen molar-refractivity contribution < 1.29 is 22.7 Å². The van der Waals surface area contributed by atoms with Gasteiger partial charge in [-0.3, -0.25) is 4.79 Å². The molecule has 3 nitrogen and oxygen atoms in total. The van der Waals surface area contributed by atoms with Crippen LogP contribution in [0.5, 0.6) is 5.75 Å². The summed E-state index contributed by atoms with van der Waals surface area (Å²) in [6, 6.07) is 6.62. The van der Waals surface area contributed by atoms with E-state index in [9.17, 15) is 18.0 Å². The smallest absolute Gasteiger partial charge is 0.405 e. The molecule has 0 unspecified atom stereocenters. The summed E-state index contributed by atoms with van der Waals surface area (Å²) in [5.74, 6) is -0.110. The summed E-state index contributed by atoms with van der Waals surface area (Å²) in [4.78, 5) is 11.2. The molecule has 0 atom stereocenters. The van der Waals surface area contributed by atoms with Crippen molar-refractivity contribution in [2.45, 2.75) is 12.6 Å². The van der Waals surface area contributed by atoms with Gasteiger partial charge in [0.2, 0.25) is 5.91 Å². The molecule has 0 bridgehead atoms. The van der Waals surface area contributed by atoms with E-state index in [-0.39, 0.29) is 6.42 Å². The van der Waals surface area contributed by atoms with Crippen LogP contribution in [0.25, 0.3) is 0 Å². The van der Waals surface area contributed by atoms with Crippen LogP contribution in [0.1, 0.15) is 5.56 Å². The first kappa shape index (κ1) is 13.3. The van der Waals surface area contributed by atoms with Crippen molar-refractivity contribution in [2.75, 3.05) is 13.7 Å². The van der Waals surface area contributed by atoms with Gasteiger partial charge in [0.15, 0.2) is 0 Å². The number of benzene rings is 1. The first-order chi connectivity index (χ1) is 7.90. The number of rotatable bonds is 4. The Morgan fingerprint density at radius 2 is 2.12 bits per heavy atom. The first-order valence-electron chi connectivity index (χ1n) is 4.87. The van der Waals surface area contributed by atoms with E-state index in [2.05, 4.69) is 0 Å². The van der Waals surface area contributed by atoms with E-state index >= 15 is 0 Å². The summed E-state index contributed by atoms with van der Waals surface area (Å²) < 4.78 is 40.5. The highest BCUT2D eigenvalue weighted by atomic mass is 19.4. The highest BCUT2D eigenvalue weighted by Crippen LogP contribution is 2.14. The van der Waals surface area contributed by atoms with Crippen molar-refractivity contribution in [1.82, 2.24) is 5.32 Å². The lowest BCUT2D eigenvalue weighted by Crippen LogP contribution is -2.34. The van der Waals surface area contributed by atoms with E-state index in [4.69, 9.17) is 4.74 Å². The molecule has 1 rings (SSSR count). The van der Waals surface area contributed by atoms with E-state index in [1.807, 2.05) is 0 Å². The van der Waals surface area contributed by atoms with Crippen molar-refractivity contribution >= 4 is 5.91 Å². The molecule has 0 saturated heterocycles. The number of carbonyl (C=O) groups is 1. The fraction of sp³-hybridized carbons (Fsp3) is 0.364. The van der Waals surface area contributed by atoms with Crippen LogP contribution in [0.15, 0.2) is 24.3 Å². The average molecular weight is 247 g/mol. The van der Waals surface area contributed by atoms with Gasteiger partial charge < -0.3 is 10.1 Å². The predicted molar refractivity (Wildman–Crippen MR) is 55.8 cm³/mol. The van der Waals surface area contributed by atoms with Crippen molar-refractivity contribution in [3.63, 3.8) is 0 Å². The standard InChI is InChI=1S/C11H12F3NO2/c1-17-9-4-2-3-8(5-9)6-10(16)15-7-11(12,13)14/h2-5H,6-7H2,1H3,(H,15,16). The number of carbonyl (C=O) groups excluding carboxylic acids is 1. The average Bonchev–Trinajstić information content (AvgIpc) is 2.26. The third-order valence-corrected chi connectivity index (χ3v) is 1.98. The summed E-state index contributed by atoms with van der Waals surface area (Å²) in [5.41, 5.74) is 0.601. The summed E-state index contributed by atoms with van der Waals surface area (Å²) in [5, 5.41) is 1.80. The van der Waals surface area contributed by atoms with E-state index < -0.39 is 18.6 Å². The molecule has 17 heavy (non-hydrogen) atoms. The number of hydrogen-bond acceptors (Lipinski definition) is 2. The lowest BCUT2D eigenvalue weighted by Gasteiger charge is -2.08. The Bertz CT molecular complexity index is 391. The predicted octanol–water partition coefficient (Wildman–Crippen LogP) is 1.92. The number of hydrogen-bond donors (Lipinski definition) is 1. The molecule has 0 fully saturated rings. The maximum atomic E-state index is 11.8. The van der Waals surface area contributed by atoms with Crippen LogP contribution in [-0.2, 0) is 11.2 Å². The quantitative estimate of drug-likeness (QED) is 0.882. The summed E-state index contributed by atoms with van der Waals surface area (Å²) >= 11 is 0. The second kappa shape index (κ2) is 5.56. The Kier molecular flexibility index (Phi) is 4.37. The molecule has 1 aromatic carbocycles. The fourth-order valence-corrected chi connectivity index (χ4v) is 1.23. The number of ether oxygens (including phenoxy) is 1. The number of nitrogens with one attached hydrogen (secondary N) is 1. The minimum Gasteiger partial charge on any atom is -0.497 e. The van der Waals surface area contributed by atoms with Gasteiger partial charge in [0.25, 0.3) is 0 Å². The van der Waals surface area contributed by atoms with Gasteiger partial charge in [-0.05, 0) is 17.7 Å². The molecule has 0 aliphatic heterocycles. The lowest BCUT2D eigenvalue weighted by atomic mass is 10.1. The Morgan fingerprint density at radius 1 is 1.41 bits per heavy atom. The number of halogens is 3. The van der Waals surface area contributed by atoms with Crippen LogP contribution in [0.2, 0.25) is 0 Å². The topological polar surface area (TPSA) is 38.3 Å². The highest BCUT2D eigenvalue weighted by Gasteiger charge is 2.27. The van der Waals surface area contributed by atoms with Gasteiger partial charge in [0, 0.05) is 0 Å². The molecule has 0 heterocycles. The second-order valence-electron chi connectivity index (χ2n) is 3.42. The highest BCUT2D eigenvalue weighted by molar-refractivity contribution is 5.78. The SMILES string of the molecule is COc1cccc(CC(=O)NCC(F)(F)F)c1. The van der Waals surface area contributed by atoms with Gasteiger partial charge >= 0.3 is 6.18 Å². The van der Waals surface area contributed by atoms with Gasteiger partial charge in [-0.25, -0.2) is 0 Å². The zero-order valence-corrected chi connectivity index (χ0v) is 9.17. The van der Waals surface area contributed by atoms with Crippen LogP contribution in [-0.4, -0.2) is 25.7 Å². The molecule has 6 heteroatoms. The molecule has 1 N–H and O–H groups in total. The zero-order valence-electron chi connectivity index (χ0n) is 9.17.